The fraction of sp³-hybridized carbons (Fsp3) is 0.667. The van der Waals surface area contributed by atoms with E-state index in [2.05, 4.69) is 29.5 Å². The van der Waals surface area contributed by atoms with Crippen molar-refractivity contribution in [2.75, 3.05) is 4.43 Å². The molecule has 7 heavy (non-hydrogen) atoms. The predicted octanol–water partition coefficient (Wildman–Crippen LogP) is 2.44. The van der Waals surface area contributed by atoms with E-state index < -0.39 is 0 Å². The average Bonchev–Trinajstić information content (AvgIpc) is 1.68. The van der Waals surface area contributed by atoms with Gasteiger partial charge in [0, 0.05) is 10.8 Å². The van der Waals surface area contributed by atoms with Crippen molar-refractivity contribution in [1.29, 1.82) is 0 Å². The Hall–Kier alpha value is 0.380. The maximum Gasteiger partial charge on any atom is 0.201 e. The summed E-state index contributed by atoms with van der Waals surface area (Å²) in [5.74, 6) is 0.755. The number of rotatable bonds is 3. The van der Waals surface area contributed by atoms with Crippen molar-refractivity contribution in [3.8, 4) is 0 Å². The van der Waals surface area contributed by atoms with Gasteiger partial charge in [-0.05, 0) is 5.92 Å². The monoisotopic (exact) mass is 209 g/mol. The van der Waals surface area contributed by atoms with Crippen LogP contribution in [0, 0.1) is 12.5 Å². The zero-order chi connectivity index (χ0) is 5.70. The maximum absolute atomic E-state index is 5.18. The second kappa shape index (κ2) is 4.54. The van der Waals surface area contributed by atoms with Crippen LogP contribution in [0.4, 0.5) is 0 Å². The molecule has 0 saturated carbocycles. The summed E-state index contributed by atoms with van der Waals surface area (Å²) in [4.78, 5) is 0. The Morgan fingerprint density at radius 3 is 2.57 bits per heavy atom. The largest absolute Gasteiger partial charge is 0.201 e. The molecule has 1 atom stereocenters. The summed E-state index contributed by atoms with van der Waals surface area (Å²) < 4.78 is 1.20. The molecule has 0 spiro atoms. The van der Waals surface area contributed by atoms with Crippen molar-refractivity contribution >= 4 is 22.6 Å². The number of hydrogen-bond acceptors (Lipinski definition) is 0. The topological polar surface area (TPSA) is 0 Å². The fourth-order valence-electron chi connectivity index (χ4n) is 0.295. The van der Waals surface area contributed by atoms with Crippen LogP contribution in [-0.4, -0.2) is 4.43 Å². The van der Waals surface area contributed by atoms with E-state index >= 15 is 0 Å². The molecule has 0 fully saturated rings. The van der Waals surface area contributed by atoms with E-state index in [0.717, 1.165) is 12.3 Å². The van der Waals surface area contributed by atoms with E-state index in [9.17, 15) is 0 Å². The van der Waals surface area contributed by atoms with Crippen molar-refractivity contribution in [3.05, 3.63) is 12.7 Å². The molecule has 1 heteroatoms. The molecule has 0 aromatic carbocycles. The van der Waals surface area contributed by atoms with Gasteiger partial charge in [0.2, 0.25) is 6.58 Å². The van der Waals surface area contributed by atoms with Gasteiger partial charge in [0.05, 0.1) is 0 Å². The van der Waals surface area contributed by atoms with Crippen LogP contribution >= 0.6 is 22.6 Å². The minimum Gasteiger partial charge on any atom is -0.0861 e. The van der Waals surface area contributed by atoms with Gasteiger partial charge in [0.25, 0.3) is 0 Å². The molecule has 0 nitrogen and oxygen atoms in total. The van der Waals surface area contributed by atoms with Gasteiger partial charge < -0.3 is 0 Å². The summed E-state index contributed by atoms with van der Waals surface area (Å²) in [6.07, 6.45) is 2.77. The molecule has 0 aliphatic rings. The lowest BCUT2D eigenvalue weighted by atomic mass is 10.1. The van der Waals surface area contributed by atoms with Crippen LogP contribution in [0.25, 0.3) is 0 Å². The fourth-order valence-corrected chi connectivity index (χ4v) is 0.655. The Kier molecular flexibility index (Phi) is 4.78. The van der Waals surface area contributed by atoms with Crippen LogP contribution in [-0.2, 0) is 0 Å². The summed E-state index contributed by atoms with van der Waals surface area (Å²) in [5, 5.41) is 0. The molecule has 0 aliphatic heterocycles. The molecule has 0 amide bonds. The van der Waals surface area contributed by atoms with Crippen molar-refractivity contribution in [1.82, 2.24) is 0 Å². The van der Waals surface area contributed by atoms with E-state index in [1.165, 1.54) is 4.43 Å². The second-order valence-electron chi connectivity index (χ2n) is 1.73. The summed E-state index contributed by atoms with van der Waals surface area (Å²) in [7, 11) is 0. The normalized spacial score (nSPS) is 13.3. The van der Waals surface area contributed by atoms with Gasteiger partial charge in [0.1, 0.15) is 0 Å². The van der Waals surface area contributed by atoms with E-state index in [0.29, 0.717) is 0 Å². The van der Waals surface area contributed by atoms with E-state index in [-0.39, 0.29) is 0 Å². The van der Waals surface area contributed by atoms with Gasteiger partial charge in [-0.1, -0.05) is 29.5 Å². The van der Waals surface area contributed by atoms with Gasteiger partial charge in [-0.2, -0.15) is 0 Å². The minimum atomic E-state index is 0.755. The van der Waals surface area contributed by atoms with Crippen molar-refractivity contribution in [2.24, 2.45) is 5.92 Å². The molecule has 0 N–H and O–H groups in total. The third-order valence-electron chi connectivity index (χ3n) is 0.802. The molecule has 0 heterocycles. The maximum atomic E-state index is 5.18. The third-order valence-corrected chi connectivity index (χ3v) is 2.31. The summed E-state index contributed by atoms with van der Waals surface area (Å²) in [6.45, 7) is 7.37. The summed E-state index contributed by atoms with van der Waals surface area (Å²) in [6, 6.07) is 0. The highest BCUT2D eigenvalue weighted by molar-refractivity contribution is 14.1. The minimum absolute atomic E-state index is 0.755. The molecule has 40 valence electrons. The average molecular weight is 209 g/mol. The first kappa shape index (κ1) is 7.38. The Morgan fingerprint density at radius 2 is 2.43 bits per heavy atom. The molecule has 0 aliphatic carbocycles. The number of hydrogen-bond donors (Lipinski definition) is 0. The molecular formula is C6H10I+. The van der Waals surface area contributed by atoms with Crippen LogP contribution < -0.4 is 0 Å². The van der Waals surface area contributed by atoms with Crippen molar-refractivity contribution in [3.63, 3.8) is 0 Å². The van der Waals surface area contributed by atoms with Gasteiger partial charge in [-0.3, -0.25) is 0 Å². The Bertz CT molecular complexity index is 50.1. The number of halogens is 1. The highest BCUT2D eigenvalue weighted by atomic mass is 127. The molecule has 0 aromatic heterocycles. The zero-order valence-electron chi connectivity index (χ0n) is 4.52. The number of alkyl halides is 1. The molecule has 0 aromatic rings. The molecule has 0 saturated heterocycles. The van der Waals surface area contributed by atoms with Gasteiger partial charge in [0.15, 0.2) is 6.08 Å². The molecule has 0 unspecified atom stereocenters. The standard InChI is InChI=1S/C6H10I/c1-3-4-6(2)5-7/h1,3,6H,4-5H2,2H3/q+1/t6-/m0/s1. The SMILES string of the molecule is [CH+]=CC[C@H](C)CI. The van der Waals surface area contributed by atoms with Crippen LogP contribution in [0.2, 0.25) is 0 Å². The van der Waals surface area contributed by atoms with Crippen molar-refractivity contribution < 1.29 is 0 Å². The van der Waals surface area contributed by atoms with Crippen LogP contribution in [0.1, 0.15) is 13.3 Å². The van der Waals surface area contributed by atoms with Gasteiger partial charge >= 0.3 is 0 Å². The molecule has 0 bridgehead atoms. The summed E-state index contributed by atoms with van der Waals surface area (Å²) in [5.41, 5.74) is 0. The smallest absolute Gasteiger partial charge is 0.0861 e. The van der Waals surface area contributed by atoms with E-state index in [1.807, 2.05) is 0 Å². The predicted molar refractivity (Wildman–Crippen MR) is 41.5 cm³/mol. The Morgan fingerprint density at radius 1 is 1.86 bits per heavy atom. The second-order valence-corrected chi connectivity index (χ2v) is 2.61. The van der Waals surface area contributed by atoms with E-state index in [4.69, 9.17) is 6.58 Å². The molecule has 0 radical (unpaired) electrons. The first-order valence-electron chi connectivity index (χ1n) is 2.40. The highest BCUT2D eigenvalue weighted by Crippen LogP contribution is 2.04. The molecular weight excluding hydrogens is 199 g/mol. The van der Waals surface area contributed by atoms with E-state index in [1.54, 1.807) is 6.08 Å². The quantitative estimate of drug-likeness (QED) is 0.380. The third kappa shape index (κ3) is 4.23. The van der Waals surface area contributed by atoms with Crippen LogP contribution in [0.15, 0.2) is 6.08 Å². The lowest BCUT2D eigenvalue weighted by Gasteiger charge is -1.95. The highest BCUT2D eigenvalue weighted by Gasteiger charge is 1.95. The lowest BCUT2D eigenvalue weighted by molar-refractivity contribution is 0.686. The lowest BCUT2D eigenvalue weighted by Crippen LogP contribution is -1.90. The van der Waals surface area contributed by atoms with Crippen LogP contribution in [0.3, 0.4) is 0 Å². The first-order chi connectivity index (χ1) is 3.31. The first-order valence-corrected chi connectivity index (χ1v) is 3.93. The van der Waals surface area contributed by atoms with Crippen LogP contribution in [0.5, 0.6) is 0 Å². The Labute approximate surface area is 59.1 Å². The van der Waals surface area contributed by atoms with Crippen molar-refractivity contribution in [2.45, 2.75) is 13.3 Å². The van der Waals surface area contributed by atoms with Gasteiger partial charge in [-0.15, -0.1) is 0 Å². The Balaban J connectivity index is 2.98. The zero-order valence-corrected chi connectivity index (χ0v) is 6.68. The van der Waals surface area contributed by atoms with Gasteiger partial charge in [-0.25, -0.2) is 0 Å². The molecule has 0 rings (SSSR count). The summed E-state index contributed by atoms with van der Waals surface area (Å²) >= 11 is 2.36. The number of allylic oxidation sites excluding steroid dienone is 1.